The highest BCUT2D eigenvalue weighted by Gasteiger charge is 2.25. The molecule has 0 aliphatic carbocycles. The van der Waals surface area contributed by atoms with Crippen molar-refractivity contribution >= 4 is 10.1 Å². The Hall–Kier alpha value is -0.170. The first-order valence-corrected chi connectivity index (χ1v) is 8.17. The number of likely N-dealkylation sites (N-methyl/N-ethyl adjacent to an activating group) is 1. The Labute approximate surface area is 111 Å². The van der Waals surface area contributed by atoms with Gasteiger partial charge in [0.15, 0.2) is 0 Å². The van der Waals surface area contributed by atoms with Crippen molar-refractivity contribution in [1.82, 2.24) is 0 Å². The van der Waals surface area contributed by atoms with Crippen molar-refractivity contribution in [2.75, 3.05) is 46.2 Å². The number of nitrogens with zero attached hydrogens (tertiary/aromatic N) is 1. The van der Waals surface area contributed by atoms with E-state index in [1.165, 1.54) is 37.0 Å². The molecule has 1 saturated heterocycles. The van der Waals surface area contributed by atoms with Gasteiger partial charge in [-0.1, -0.05) is 13.3 Å². The third-order valence-corrected chi connectivity index (χ3v) is 4.02. The van der Waals surface area contributed by atoms with Crippen LogP contribution in [0.2, 0.25) is 0 Å². The number of hydrogen-bond acceptors (Lipinski definition) is 4. The Kier molecular flexibility index (Phi) is 8.77. The van der Waals surface area contributed by atoms with Crippen LogP contribution in [-0.4, -0.2) is 63.6 Å². The summed E-state index contributed by atoms with van der Waals surface area (Å²) in [5.41, 5.74) is 0. The standard InChI is InChI=1S/C8H18NO.C4H10O3S/c1-9(7-8-10-2)5-3-4-6-9;1-2-3-4-8(5,6)7/h3-8H2,1-2H3;2-4H2,1H3,(H,5,6,7)/q+1;/p-1. The first-order chi connectivity index (χ1) is 8.33. The van der Waals surface area contributed by atoms with Crippen molar-refractivity contribution < 1.29 is 22.2 Å². The fourth-order valence-electron chi connectivity index (χ4n) is 1.96. The molecule has 0 N–H and O–H groups in total. The van der Waals surface area contributed by atoms with E-state index in [1.54, 1.807) is 7.11 Å². The molecule has 0 aromatic rings. The zero-order valence-corrected chi connectivity index (χ0v) is 12.7. The van der Waals surface area contributed by atoms with E-state index in [0.717, 1.165) is 13.0 Å². The fraction of sp³-hybridized carbons (Fsp3) is 1.00. The molecule has 5 nitrogen and oxygen atoms in total. The van der Waals surface area contributed by atoms with Crippen molar-refractivity contribution in [2.24, 2.45) is 0 Å². The van der Waals surface area contributed by atoms with Crippen molar-refractivity contribution in [3.63, 3.8) is 0 Å². The first-order valence-electron chi connectivity index (χ1n) is 6.59. The summed E-state index contributed by atoms with van der Waals surface area (Å²) in [5, 5.41) is 0. The highest BCUT2D eigenvalue weighted by atomic mass is 32.2. The van der Waals surface area contributed by atoms with Crippen LogP contribution in [0.5, 0.6) is 0 Å². The van der Waals surface area contributed by atoms with Crippen molar-refractivity contribution in [3.8, 4) is 0 Å². The van der Waals surface area contributed by atoms with E-state index in [2.05, 4.69) is 7.05 Å². The minimum Gasteiger partial charge on any atom is -0.748 e. The van der Waals surface area contributed by atoms with Crippen LogP contribution in [-0.2, 0) is 14.9 Å². The quantitative estimate of drug-likeness (QED) is 0.542. The summed E-state index contributed by atoms with van der Waals surface area (Å²) < 4.78 is 35.8. The van der Waals surface area contributed by atoms with Crippen LogP contribution in [0.3, 0.4) is 0 Å². The van der Waals surface area contributed by atoms with Crippen molar-refractivity contribution in [2.45, 2.75) is 32.6 Å². The van der Waals surface area contributed by atoms with Crippen LogP contribution >= 0.6 is 0 Å². The fourth-order valence-corrected chi connectivity index (χ4v) is 2.60. The zero-order chi connectivity index (χ0) is 14.1. The lowest BCUT2D eigenvalue weighted by molar-refractivity contribution is -0.897. The van der Waals surface area contributed by atoms with Gasteiger partial charge in [-0.2, -0.15) is 0 Å². The molecular formula is C12H27NO4S. The molecule has 0 aromatic carbocycles. The predicted octanol–water partition coefficient (Wildman–Crippen LogP) is 1.20. The predicted molar refractivity (Wildman–Crippen MR) is 71.4 cm³/mol. The van der Waals surface area contributed by atoms with E-state index in [1.807, 2.05) is 6.92 Å². The molecule has 0 amide bonds. The van der Waals surface area contributed by atoms with Crippen LogP contribution in [0.15, 0.2) is 0 Å². The van der Waals surface area contributed by atoms with E-state index in [4.69, 9.17) is 4.74 Å². The van der Waals surface area contributed by atoms with Gasteiger partial charge < -0.3 is 13.8 Å². The van der Waals surface area contributed by atoms with Gasteiger partial charge in [-0.05, 0) is 6.42 Å². The number of ether oxygens (including phenoxy) is 1. The maximum atomic E-state index is 9.83. The molecule has 0 radical (unpaired) electrons. The molecule has 0 spiro atoms. The number of methoxy groups -OCH3 is 1. The van der Waals surface area contributed by atoms with Gasteiger partial charge in [-0.3, -0.25) is 0 Å². The van der Waals surface area contributed by atoms with Gasteiger partial charge >= 0.3 is 0 Å². The lowest BCUT2D eigenvalue weighted by Crippen LogP contribution is -2.43. The molecule has 6 heteroatoms. The molecule has 18 heavy (non-hydrogen) atoms. The molecule has 1 heterocycles. The summed E-state index contributed by atoms with van der Waals surface area (Å²) >= 11 is 0. The van der Waals surface area contributed by atoms with Crippen LogP contribution in [0, 0.1) is 0 Å². The maximum Gasteiger partial charge on any atom is 0.102 e. The second kappa shape index (κ2) is 8.85. The second-order valence-electron chi connectivity index (χ2n) is 5.11. The van der Waals surface area contributed by atoms with Crippen molar-refractivity contribution in [1.29, 1.82) is 0 Å². The molecule has 1 fully saturated rings. The summed E-state index contributed by atoms with van der Waals surface area (Å²) in [6, 6.07) is 0. The Balaban J connectivity index is 0.000000331. The largest absolute Gasteiger partial charge is 0.748 e. The van der Waals surface area contributed by atoms with Crippen LogP contribution in [0.4, 0.5) is 0 Å². The minimum atomic E-state index is -3.94. The number of unbranched alkanes of at least 4 members (excludes halogenated alkanes) is 1. The third kappa shape index (κ3) is 9.82. The Morgan fingerprint density at radius 1 is 1.28 bits per heavy atom. The summed E-state index contributed by atoms with van der Waals surface area (Å²) in [4.78, 5) is 0. The van der Waals surface area contributed by atoms with Gasteiger partial charge in [0, 0.05) is 25.7 Å². The van der Waals surface area contributed by atoms with E-state index in [0.29, 0.717) is 6.42 Å². The maximum absolute atomic E-state index is 9.83. The number of hydrogen-bond donors (Lipinski definition) is 0. The van der Waals surface area contributed by atoms with Gasteiger partial charge in [0.2, 0.25) is 0 Å². The SMILES string of the molecule is CCCCS(=O)(=O)[O-].COCC[N+]1(C)CCCC1. The molecule has 1 rings (SSSR count). The Morgan fingerprint density at radius 3 is 2.17 bits per heavy atom. The molecule has 110 valence electrons. The second-order valence-corrected chi connectivity index (χ2v) is 6.63. The molecule has 0 atom stereocenters. The number of quaternary nitrogens is 1. The first kappa shape index (κ1) is 17.8. The highest BCUT2D eigenvalue weighted by molar-refractivity contribution is 7.85. The van der Waals surface area contributed by atoms with Gasteiger partial charge in [0.1, 0.15) is 6.54 Å². The zero-order valence-electron chi connectivity index (χ0n) is 11.9. The minimum absolute atomic E-state index is 0.219. The number of rotatable bonds is 6. The monoisotopic (exact) mass is 281 g/mol. The molecule has 0 aromatic heterocycles. The molecule has 0 saturated carbocycles. The molecular weight excluding hydrogens is 254 g/mol. The van der Waals surface area contributed by atoms with Gasteiger partial charge in [-0.15, -0.1) is 0 Å². The topological polar surface area (TPSA) is 66.4 Å². The summed E-state index contributed by atoms with van der Waals surface area (Å²) in [6.45, 7) is 6.64. The average Bonchev–Trinajstić information content (AvgIpc) is 2.71. The average molecular weight is 281 g/mol. The van der Waals surface area contributed by atoms with Crippen molar-refractivity contribution in [3.05, 3.63) is 0 Å². The van der Waals surface area contributed by atoms with Gasteiger partial charge in [-0.25, -0.2) is 8.42 Å². The smallest absolute Gasteiger partial charge is 0.102 e. The van der Waals surface area contributed by atoms with Crippen LogP contribution in [0.25, 0.3) is 0 Å². The van der Waals surface area contributed by atoms with Crippen LogP contribution in [0.1, 0.15) is 32.6 Å². The third-order valence-electron chi connectivity index (χ3n) is 3.23. The van der Waals surface area contributed by atoms with E-state index >= 15 is 0 Å². The van der Waals surface area contributed by atoms with E-state index < -0.39 is 10.1 Å². The van der Waals surface area contributed by atoms with E-state index in [-0.39, 0.29) is 5.75 Å². The Bertz CT molecular complexity index is 297. The van der Waals surface area contributed by atoms with Gasteiger partial charge in [0.05, 0.1) is 36.9 Å². The van der Waals surface area contributed by atoms with Gasteiger partial charge in [0.25, 0.3) is 0 Å². The molecule has 1 aliphatic rings. The van der Waals surface area contributed by atoms with E-state index in [9.17, 15) is 13.0 Å². The normalized spacial score (nSPS) is 18.2. The Morgan fingerprint density at radius 2 is 1.83 bits per heavy atom. The molecule has 0 unspecified atom stereocenters. The lowest BCUT2D eigenvalue weighted by atomic mass is 10.4. The summed E-state index contributed by atoms with van der Waals surface area (Å²) in [6.07, 6.45) is 4.04. The highest BCUT2D eigenvalue weighted by Crippen LogP contribution is 2.15. The number of likely N-dealkylation sites (tertiary alicyclic amines) is 1. The molecule has 0 bridgehead atoms. The van der Waals surface area contributed by atoms with Crippen LogP contribution < -0.4 is 0 Å². The summed E-state index contributed by atoms with van der Waals surface area (Å²) in [5.74, 6) is -0.219. The lowest BCUT2D eigenvalue weighted by Gasteiger charge is -2.28. The molecule has 1 aliphatic heterocycles. The summed E-state index contributed by atoms with van der Waals surface area (Å²) in [7, 11) is 0.169.